The number of morpholine rings is 1. The number of nitrogens with zero attached hydrogens (tertiary/aromatic N) is 1. The molecule has 86 valence electrons. The van der Waals surface area contributed by atoms with Crippen molar-refractivity contribution in [3.63, 3.8) is 0 Å². The molecule has 0 saturated carbocycles. The summed E-state index contributed by atoms with van der Waals surface area (Å²) in [5, 5.41) is 10.7. The molecule has 1 unspecified atom stereocenters. The second kappa shape index (κ2) is 5.77. The van der Waals surface area contributed by atoms with Gasteiger partial charge >= 0.3 is 6.09 Å². The highest BCUT2D eigenvalue weighted by molar-refractivity contribution is 6.27. The molecule has 1 atom stereocenters. The predicted molar refractivity (Wildman–Crippen MR) is 53.1 cm³/mol. The van der Waals surface area contributed by atoms with E-state index in [1.165, 1.54) is 0 Å². The standard InChI is InChI=1S/C8H13ClN2O4/c9-3-7(12)11-1-2-15-5-6(11)4-10-8(13)14/h6,10H,1-5H2,(H,13,14). The largest absolute Gasteiger partial charge is 0.465 e. The van der Waals surface area contributed by atoms with E-state index in [-0.39, 0.29) is 24.4 Å². The molecule has 0 aliphatic carbocycles. The summed E-state index contributed by atoms with van der Waals surface area (Å²) < 4.78 is 5.17. The first-order chi connectivity index (χ1) is 7.15. The maximum Gasteiger partial charge on any atom is 0.404 e. The fraction of sp³-hybridized carbons (Fsp3) is 0.750. The van der Waals surface area contributed by atoms with Gasteiger partial charge in [-0.2, -0.15) is 0 Å². The minimum absolute atomic E-state index is 0.0937. The fourth-order valence-electron chi connectivity index (χ4n) is 1.43. The number of amides is 2. The Morgan fingerprint density at radius 3 is 2.93 bits per heavy atom. The average Bonchev–Trinajstić information content (AvgIpc) is 2.25. The van der Waals surface area contributed by atoms with E-state index >= 15 is 0 Å². The number of halogens is 1. The third-order valence-electron chi connectivity index (χ3n) is 2.15. The Morgan fingerprint density at radius 1 is 1.60 bits per heavy atom. The van der Waals surface area contributed by atoms with Gasteiger partial charge in [-0.05, 0) is 0 Å². The highest BCUT2D eigenvalue weighted by atomic mass is 35.5. The lowest BCUT2D eigenvalue weighted by molar-refractivity contribution is -0.136. The van der Waals surface area contributed by atoms with Crippen molar-refractivity contribution in [1.82, 2.24) is 10.2 Å². The van der Waals surface area contributed by atoms with Crippen LogP contribution in [0.2, 0.25) is 0 Å². The molecule has 0 bridgehead atoms. The summed E-state index contributed by atoms with van der Waals surface area (Å²) in [6.45, 7) is 1.42. The van der Waals surface area contributed by atoms with E-state index < -0.39 is 6.09 Å². The second-order valence-corrected chi connectivity index (χ2v) is 3.40. The summed E-state index contributed by atoms with van der Waals surface area (Å²) in [7, 11) is 0. The van der Waals surface area contributed by atoms with Crippen LogP contribution in [0.15, 0.2) is 0 Å². The Labute approximate surface area is 92.1 Å². The maximum atomic E-state index is 11.4. The molecular weight excluding hydrogens is 224 g/mol. The van der Waals surface area contributed by atoms with Crippen LogP contribution in [0, 0.1) is 0 Å². The third-order valence-corrected chi connectivity index (χ3v) is 2.38. The van der Waals surface area contributed by atoms with Crippen LogP contribution in [0.5, 0.6) is 0 Å². The van der Waals surface area contributed by atoms with Crippen LogP contribution in [-0.4, -0.2) is 60.2 Å². The Kier molecular flexibility index (Phi) is 4.64. The van der Waals surface area contributed by atoms with Gasteiger partial charge in [-0.1, -0.05) is 0 Å². The van der Waals surface area contributed by atoms with Crippen LogP contribution >= 0.6 is 11.6 Å². The Bertz CT molecular complexity index is 249. The SMILES string of the molecule is O=C(O)NCC1COCCN1C(=O)CCl. The van der Waals surface area contributed by atoms with Crippen molar-refractivity contribution in [1.29, 1.82) is 0 Å². The number of carbonyl (C=O) groups excluding carboxylic acids is 1. The normalized spacial score (nSPS) is 21.1. The summed E-state index contributed by atoms with van der Waals surface area (Å²) in [5.41, 5.74) is 0. The predicted octanol–water partition coefficient (Wildman–Crippen LogP) is -0.280. The van der Waals surface area contributed by atoms with E-state index in [0.717, 1.165) is 0 Å². The molecule has 0 spiro atoms. The Morgan fingerprint density at radius 2 is 2.33 bits per heavy atom. The zero-order valence-electron chi connectivity index (χ0n) is 8.11. The summed E-state index contributed by atoms with van der Waals surface area (Å²) in [4.78, 5) is 23.2. The van der Waals surface area contributed by atoms with Crippen molar-refractivity contribution in [2.75, 3.05) is 32.2 Å². The van der Waals surface area contributed by atoms with E-state index in [0.29, 0.717) is 19.8 Å². The lowest BCUT2D eigenvalue weighted by Gasteiger charge is -2.35. The highest BCUT2D eigenvalue weighted by Crippen LogP contribution is 2.07. The molecule has 15 heavy (non-hydrogen) atoms. The summed E-state index contributed by atoms with van der Waals surface area (Å²) in [6.07, 6.45) is -1.11. The number of hydrogen-bond acceptors (Lipinski definition) is 3. The molecule has 1 aliphatic heterocycles. The number of ether oxygens (including phenoxy) is 1. The molecule has 1 rings (SSSR count). The van der Waals surface area contributed by atoms with E-state index in [4.69, 9.17) is 21.4 Å². The first-order valence-corrected chi connectivity index (χ1v) is 5.08. The first-order valence-electron chi connectivity index (χ1n) is 4.55. The zero-order valence-corrected chi connectivity index (χ0v) is 8.87. The third kappa shape index (κ3) is 3.56. The maximum absolute atomic E-state index is 11.4. The second-order valence-electron chi connectivity index (χ2n) is 3.14. The van der Waals surface area contributed by atoms with Gasteiger partial charge in [0.1, 0.15) is 5.88 Å². The van der Waals surface area contributed by atoms with E-state index in [9.17, 15) is 9.59 Å². The Balaban J connectivity index is 2.49. The van der Waals surface area contributed by atoms with E-state index in [2.05, 4.69) is 5.32 Å². The average molecular weight is 237 g/mol. The summed E-state index contributed by atoms with van der Waals surface area (Å²) in [6, 6.07) is -0.263. The number of rotatable bonds is 3. The molecule has 1 saturated heterocycles. The molecule has 2 amide bonds. The van der Waals surface area contributed by atoms with Gasteiger partial charge in [0.15, 0.2) is 0 Å². The smallest absolute Gasteiger partial charge is 0.404 e. The number of carbonyl (C=O) groups is 2. The molecule has 0 aromatic rings. The molecule has 1 heterocycles. The van der Waals surface area contributed by atoms with Crippen molar-refractivity contribution in [3.8, 4) is 0 Å². The van der Waals surface area contributed by atoms with Crippen molar-refractivity contribution < 1.29 is 19.4 Å². The van der Waals surface area contributed by atoms with Gasteiger partial charge in [0.05, 0.1) is 19.3 Å². The molecule has 0 aromatic heterocycles. The molecule has 2 N–H and O–H groups in total. The number of nitrogens with one attached hydrogen (secondary N) is 1. The highest BCUT2D eigenvalue weighted by Gasteiger charge is 2.26. The van der Waals surface area contributed by atoms with Crippen LogP contribution in [0.4, 0.5) is 4.79 Å². The van der Waals surface area contributed by atoms with Crippen molar-refractivity contribution >= 4 is 23.6 Å². The first kappa shape index (κ1) is 12.1. The van der Waals surface area contributed by atoms with Gasteiger partial charge in [-0.3, -0.25) is 4.79 Å². The molecule has 7 heteroatoms. The fourth-order valence-corrected chi connectivity index (χ4v) is 1.59. The lowest BCUT2D eigenvalue weighted by atomic mass is 10.2. The van der Waals surface area contributed by atoms with E-state index in [1.54, 1.807) is 4.90 Å². The zero-order chi connectivity index (χ0) is 11.3. The van der Waals surface area contributed by atoms with Crippen LogP contribution in [0.3, 0.4) is 0 Å². The van der Waals surface area contributed by atoms with Gasteiger partial charge in [-0.25, -0.2) is 4.79 Å². The van der Waals surface area contributed by atoms with Crippen LogP contribution < -0.4 is 5.32 Å². The van der Waals surface area contributed by atoms with Crippen molar-refractivity contribution in [2.45, 2.75) is 6.04 Å². The van der Waals surface area contributed by atoms with Gasteiger partial charge in [-0.15, -0.1) is 11.6 Å². The molecular formula is C8H13ClN2O4. The van der Waals surface area contributed by atoms with Crippen LogP contribution in [0.25, 0.3) is 0 Å². The number of carboxylic acid groups (broad SMARTS) is 1. The van der Waals surface area contributed by atoms with Crippen molar-refractivity contribution in [2.24, 2.45) is 0 Å². The van der Waals surface area contributed by atoms with Gasteiger partial charge in [0.25, 0.3) is 0 Å². The quantitative estimate of drug-likeness (QED) is 0.661. The van der Waals surface area contributed by atoms with E-state index in [1.807, 2.05) is 0 Å². The minimum Gasteiger partial charge on any atom is -0.465 e. The Hall–Kier alpha value is -1.01. The van der Waals surface area contributed by atoms with Crippen LogP contribution in [-0.2, 0) is 9.53 Å². The lowest BCUT2D eigenvalue weighted by Crippen LogP contribution is -2.53. The van der Waals surface area contributed by atoms with Gasteiger partial charge in [0.2, 0.25) is 5.91 Å². The molecule has 1 aliphatic rings. The van der Waals surface area contributed by atoms with Gasteiger partial charge < -0.3 is 20.1 Å². The van der Waals surface area contributed by atoms with Crippen molar-refractivity contribution in [3.05, 3.63) is 0 Å². The minimum atomic E-state index is -1.11. The summed E-state index contributed by atoms with van der Waals surface area (Å²) in [5.74, 6) is -0.291. The summed E-state index contributed by atoms with van der Waals surface area (Å²) >= 11 is 5.44. The molecule has 6 nitrogen and oxygen atoms in total. The number of alkyl halides is 1. The van der Waals surface area contributed by atoms with Crippen LogP contribution in [0.1, 0.15) is 0 Å². The number of hydrogen-bond donors (Lipinski definition) is 2. The molecule has 0 radical (unpaired) electrons. The topological polar surface area (TPSA) is 78.9 Å². The molecule has 1 fully saturated rings. The monoisotopic (exact) mass is 236 g/mol. The van der Waals surface area contributed by atoms with Gasteiger partial charge in [0, 0.05) is 13.1 Å². The molecule has 0 aromatic carbocycles.